The summed E-state index contributed by atoms with van der Waals surface area (Å²) < 4.78 is 5.42. The third kappa shape index (κ3) is 2.31. The van der Waals surface area contributed by atoms with Crippen LogP contribution in [0.3, 0.4) is 0 Å². The van der Waals surface area contributed by atoms with Gasteiger partial charge < -0.3 is 15.1 Å². The first kappa shape index (κ1) is 11.5. The molecule has 94 valence electrons. The van der Waals surface area contributed by atoms with Gasteiger partial charge in [0.25, 0.3) is 0 Å². The number of nitrogens with two attached hydrogens (primary N) is 1. The SMILES string of the molecule is Nc1ccc(N(Cc2ccco2)C2CC2)c(Cl)c1. The highest BCUT2D eigenvalue weighted by atomic mass is 35.5. The zero-order valence-electron chi connectivity index (χ0n) is 9.97. The Morgan fingerprint density at radius 3 is 2.78 bits per heavy atom. The maximum absolute atomic E-state index is 6.28. The molecule has 0 saturated heterocycles. The summed E-state index contributed by atoms with van der Waals surface area (Å²) in [7, 11) is 0. The van der Waals surface area contributed by atoms with Gasteiger partial charge in [-0.15, -0.1) is 0 Å². The monoisotopic (exact) mass is 262 g/mol. The van der Waals surface area contributed by atoms with Gasteiger partial charge in [0.05, 0.1) is 23.5 Å². The zero-order chi connectivity index (χ0) is 12.5. The summed E-state index contributed by atoms with van der Waals surface area (Å²) >= 11 is 6.28. The fraction of sp³-hybridized carbons (Fsp3) is 0.286. The molecule has 0 spiro atoms. The van der Waals surface area contributed by atoms with E-state index < -0.39 is 0 Å². The van der Waals surface area contributed by atoms with Gasteiger partial charge in [-0.25, -0.2) is 0 Å². The summed E-state index contributed by atoms with van der Waals surface area (Å²) in [5.41, 5.74) is 7.46. The normalized spacial score (nSPS) is 14.7. The molecule has 0 aliphatic heterocycles. The van der Waals surface area contributed by atoms with Gasteiger partial charge in [0.2, 0.25) is 0 Å². The van der Waals surface area contributed by atoms with Crippen LogP contribution in [0.1, 0.15) is 18.6 Å². The van der Waals surface area contributed by atoms with Crippen molar-refractivity contribution in [1.29, 1.82) is 0 Å². The first-order chi connectivity index (χ1) is 8.74. The molecule has 0 amide bonds. The average Bonchev–Trinajstić information content (AvgIpc) is 3.05. The minimum atomic E-state index is 0.566. The fourth-order valence-electron chi connectivity index (χ4n) is 2.12. The van der Waals surface area contributed by atoms with Gasteiger partial charge in [-0.3, -0.25) is 0 Å². The molecule has 1 aromatic carbocycles. The lowest BCUT2D eigenvalue weighted by molar-refractivity contribution is 0.501. The predicted molar refractivity (Wildman–Crippen MR) is 73.8 cm³/mol. The number of hydrogen-bond acceptors (Lipinski definition) is 3. The van der Waals surface area contributed by atoms with E-state index in [-0.39, 0.29) is 0 Å². The zero-order valence-corrected chi connectivity index (χ0v) is 10.7. The summed E-state index contributed by atoms with van der Waals surface area (Å²) in [6.07, 6.45) is 4.12. The van der Waals surface area contributed by atoms with Crippen molar-refractivity contribution in [2.45, 2.75) is 25.4 Å². The van der Waals surface area contributed by atoms with E-state index in [4.69, 9.17) is 21.8 Å². The van der Waals surface area contributed by atoms with Crippen LogP contribution in [0.15, 0.2) is 41.0 Å². The Kier molecular flexibility index (Phi) is 2.92. The van der Waals surface area contributed by atoms with Crippen molar-refractivity contribution in [1.82, 2.24) is 0 Å². The molecular formula is C14H15ClN2O. The van der Waals surface area contributed by atoms with Crippen LogP contribution in [0, 0.1) is 0 Å². The molecule has 2 aromatic rings. The van der Waals surface area contributed by atoms with E-state index in [2.05, 4.69) is 4.90 Å². The first-order valence-electron chi connectivity index (χ1n) is 6.08. The van der Waals surface area contributed by atoms with Crippen LogP contribution in [-0.2, 0) is 6.54 Å². The molecule has 3 rings (SSSR count). The Labute approximate surface area is 111 Å². The number of halogens is 1. The molecule has 4 heteroatoms. The topological polar surface area (TPSA) is 42.4 Å². The molecule has 0 bridgehead atoms. The second-order valence-corrected chi connectivity index (χ2v) is 5.06. The Bertz CT molecular complexity index is 535. The van der Waals surface area contributed by atoms with Gasteiger partial charge in [0.15, 0.2) is 0 Å². The summed E-state index contributed by atoms with van der Waals surface area (Å²) in [4.78, 5) is 2.29. The standard InChI is InChI=1S/C14H15ClN2O/c15-13-8-10(16)3-6-14(13)17(11-4-5-11)9-12-2-1-7-18-12/h1-3,6-8,11H,4-5,9,16H2. The lowest BCUT2D eigenvalue weighted by Gasteiger charge is -2.24. The van der Waals surface area contributed by atoms with Crippen LogP contribution >= 0.6 is 11.6 Å². The quantitative estimate of drug-likeness (QED) is 0.855. The number of nitrogens with zero attached hydrogens (tertiary/aromatic N) is 1. The molecule has 2 N–H and O–H groups in total. The minimum Gasteiger partial charge on any atom is -0.467 e. The Hall–Kier alpha value is -1.61. The molecule has 1 saturated carbocycles. The highest BCUT2D eigenvalue weighted by molar-refractivity contribution is 6.33. The van der Waals surface area contributed by atoms with Crippen LogP contribution < -0.4 is 10.6 Å². The van der Waals surface area contributed by atoms with E-state index in [1.165, 1.54) is 12.8 Å². The van der Waals surface area contributed by atoms with Gasteiger partial charge >= 0.3 is 0 Å². The van der Waals surface area contributed by atoms with E-state index in [1.807, 2.05) is 24.3 Å². The predicted octanol–water partition coefficient (Wildman–Crippen LogP) is 3.68. The van der Waals surface area contributed by atoms with Crippen LogP contribution in [0.5, 0.6) is 0 Å². The highest BCUT2D eigenvalue weighted by Gasteiger charge is 2.30. The number of nitrogen functional groups attached to an aromatic ring is 1. The van der Waals surface area contributed by atoms with Crippen LogP contribution in [0.4, 0.5) is 11.4 Å². The van der Waals surface area contributed by atoms with Crippen LogP contribution in [0.25, 0.3) is 0 Å². The maximum atomic E-state index is 6.28. The molecule has 1 heterocycles. The lowest BCUT2D eigenvalue weighted by Crippen LogP contribution is -2.25. The van der Waals surface area contributed by atoms with E-state index in [0.29, 0.717) is 16.8 Å². The summed E-state index contributed by atoms with van der Waals surface area (Å²) in [5.74, 6) is 0.954. The smallest absolute Gasteiger partial charge is 0.123 e. The third-order valence-corrected chi connectivity index (χ3v) is 3.48. The first-order valence-corrected chi connectivity index (χ1v) is 6.46. The number of hydrogen-bond donors (Lipinski definition) is 1. The van der Waals surface area contributed by atoms with E-state index in [9.17, 15) is 0 Å². The van der Waals surface area contributed by atoms with Crippen LogP contribution in [0.2, 0.25) is 5.02 Å². The second-order valence-electron chi connectivity index (χ2n) is 4.65. The number of furan rings is 1. The summed E-state index contributed by atoms with van der Waals surface area (Å²) in [5, 5.41) is 0.702. The molecule has 1 aromatic heterocycles. The summed E-state index contributed by atoms with van der Waals surface area (Å²) in [6.45, 7) is 0.751. The Balaban J connectivity index is 1.89. The van der Waals surface area contributed by atoms with Crippen molar-refractivity contribution in [2.75, 3.05) is 10.6 Å². The van der Waals surface area contributed by atoms with Crippen molar-refractivity contribution in [3.05, 3.63) is 47.4 Å². The Morgan fingerprint density at radius 2 is 2.17 bits per heavy atom. The lowest BCUT2D eigenvalue weighted by atomic mass is 10.2. The molecule has 18 heavy (non-hydrogen) atoms. The molecule has 1 aliphatic rings. The molecular weight excluding hydrogens is 248 g/mol. The van der Waals surface area contributed by atoms with E-state index >= 15 is 0 Å². The van der Waals surface area contributed by atoms with Crippen molar-refractivity contribution >= 4 is 23.0 Å². The van der Waals surface area contributed by atoms with Crippen molar-refractivity contribution < 1.29 is 4.42 Å². The minimum absolute atomic E-state index is 0.566. The van der Waals surface area contributed by atoms with Gasteiger partial charge in [-0.1, -0.05) is 11.6 Å². The van der Waals surface area contributed by atoms with Gasteiger partial charge in [0, 0.05) is 11.7 Å². The van der Waals surface area contributed by atoms with E-state index in [0.717, 1.165) is 18.0 Å². The molecule has 3 nitrogen and oxygen atoms in total. The molecule has 0 radical (unpaired) electrons. The molecule has 0 atom stereocenters. The number of anilines is 2. The van der Waals surface area contributed by atoms with Crippen molar-refractivity contribution in [2.24, 2.45) is 0 Å². The number of rotatable bonds is 4. The third-order valence-electron chi connectivity index (χ3n) is 3.18. The Morgan fingerprint density at radius 1 is 1.33 bits per heavy atom. The second kappa shape index (κ2) is 4.58. The van der Waals surface area contributed by atoms with Gasteiger partial charge in [0.1, 0.15) is 5.76 Å². The largest absolute Gasteiger partial charge is 0.467 e. The molecule has 0 unspecified atom stereocenters. The van der Waals surface area contributed by atoms with Crippen LogP contribution in [-0.4, -0.2) is 6.04 Å². The summed E-state index contributed by atoms with van der Waals surface area (Å²) in [6, 6.07) is 10.1. The van der Waals surface area contributed by atoms with Crippen molar-refractivity contribution in [3.8, 4) is 0 Å². The van der Waals surface area contributed by atoms with E-state index in [1.54, 1.807) is 12.3 Å². The maximum Gasteiger partial charge on any atom is 0.123 e. The number of benzene rings is 1. The molecule has 1 aliphatic carbocycles. The van der Waals surface area contributed by atoms with Crippen molar-refractivity contribution in [3.63, 3.8) is 0 Å². The van der Waals surface area contributed by atoms with Gasteiger partial charge in [-0.05, 0) is 43.2 Å². The highest BCUT2D eigenvalue weighted by Crippen LogP contribution is 2.37. The average molecular weight is 263 g/mol. The molecule has 1 fully saturated rings. The van der Waals surface area contributed by atoms with Gasteiger partial charge in [-0.2, -0.15) is 0 Å². The fourth-order valence-corrected chi connectivity index (χ4v) is 2.42.